The molecule has 0 unspecified atom stereocenters. The second-order valence-corrected chi connectivity index (χ2v) is 6.28. The van der Waals surface area contributed by atoms with Crippen molar-refractivity contribution in [2.75, 3.05) is 17.8 Å². The van der Waals surface area contributed by atoms with Crippen molar-refractivity contribution in [2.45, 2.75) is 19.3 Å². The van der Waals surface area contributed by atoms with Crippen LogP contribution in [0.25, 0.3) is 0 Å². The molecule has 0 aliphatic carbocycles. The maximum Gasteiger partial charge on any atom is 0.301 e. The fraction of sp³-hybridized carbons (Fsp3) is 0.556. The first-order chi connectivity index (χ1) is 8.50. The van der Waals surface area contributed by atoms with Crippen LogP contribution in [0.3, 0.4) is 0 Å². The summed E-state index contributed by atoms with van der Waals surface area (Å²) in [6.07, 6.45) is 3.92. The Labute approximate surface area is 116 Å². The summed E-state index contributed by atoms with van der Waals surface area (Å²) in [7, 11) is -3.65. The molecule has 0 atom stereocenters. The van der Waals surface area contributed by atoms with Gasteiger partial charge in [-0.1, -0.05) is 29.6 Å². The predicted octanol–water partition coefficient (Wildman–Crippen LogP) is 1.93. The molecule has 2 heterocycles. The number of halogens is 2. The van der Waals surface area contributed by atoms with Gasteiger partial charge < -0.3 is 0 Å². The van der Waals surface area contributed by atoms with Crippen LogP contribution in [0.2, 0.25) is 10.3 Å². The molecule has 100 valence electrons. The highest BCUT2D eigenvalue weighted by Gasteiger charge is 2.25. The summed E-state index contributed by atoms with van der Waals surface area (Å²) in [5, 5.41) is -0.0360. The highest BCUT2D eigenvalue weighted by Crippen LogP contribution is 2.27. The number of hydrogen-bond donors (Lipinski definition) is 1. The fourth-order valence-electron chi connectivity index (χ4n) is 1.73. The van der Waals surface area contributed by atoms with Crippen LogP contribution in [0.1, 0.15) is 19.3 Å². The zero-order valence-corrected chi connectivity index (χ0v) is 11.8. The molecule has 6 nitrogen and oxygen atoms in total. The Morgan fingerprint density at radius 3 is 2.22 bits per heavy atom. The van der Waals surface area contributed by atoms with E-state index in [0.29, 0.717) is 13.1 Å². The van der Waals surface area contributed by atoms with Crippen LogP contribution in [0.15, 0.2) is 6.33 Å². The SMILES string of the molecule is O=S(=O)(Nc1c(Cl)ncnc1Cl)N1CCCCC1. The van der Waals surface area contributed by atoms with E-state index in [1.807, 2.05) is 0 Å². The van der Waals surface area contributed by atoms with Crippen molar-refractivity contribution in [1.29, 1.82) is 0 Å². The average Bonchev–Trinajstić information content (AvgIpc) is 2.35. The van der Waals surface area contributed by atoms with E-state index in [-0.39, 0.29) is 16.0 Å². The van der Waals surface area contributed by atoms with E-state index < -0.39 is 10.2 Å². The van der Waals surface area contributed by atoms with E-state index >= 15 is 0 Å². The number of aromatic nitrogens is 2. The van der Waals surface area contributed by atoms with Gasteiger partial charge >= 0.3 is 10.2 Å². The summed E-state index contributed by atoms with van der Waals surface area (Å²) in [5.74, 6) is 0. The molecule has 18 heavy (non-hydrogen) atoms. The van der Waals surface area contributed by atoms with E-state index in [0.717, 1.165) is 19.3 Å². The van der Waals surface area contributed by atoms with E-state index in [1.54, 1.807) is 0 Å². The average molecular weight is 311 g/mol. The van der Waals surface area contributed by atoms with Crippen LogP contribution in [-0.4, -0.2) is 35.8 Å². The molecule has 1 aliphatic rings. The number of piperidine rings is 1. The van der Waals surface area contributed by atoms with Crippen LogP contribution in [-0.2, 0) is 10.2 Å². The van der Waals surface area contributed by atoms with Gasteiger partial charge in [0.25, 0.3) is 0 Å². The normalized spacial score (nSPS) is 17.7. The fourth-order valence-corrected chi connectivity index (χ4v) is 3.57. The third kappa shape index (κ3) is 3.03. The monoisotopic (exact) mass is 310 g/mol. The van der Waals surface area contributed by atoms with Gasteiger partial charge in [0.05, 0.1) is 0 Å². The number of anilines is 1. The lowest BCUT2D eigenvalue weighted by Gasteiger charge is -2.26. The molecule has 1 aromatic rings. The molecule has 0 spiro atoms. The topological polar surface area (TPSA) is 75.2 Å². The molecule has 1 aromatic heterocycles. The number of rotatable bonds is 3. The summed E-state index contributed by atoms with van der Waals surface area (Å²) in [6, 6.07) is 0. The first-order valence-electron chi connectivity index (χ1n) is 5.44. The van der Waals surface area contributed by atoms with Gasteiger partial charge in [0.15, 0.2) is 10.3 Å². The van der Waals surface area contributed by atoms with Crippen molar-refractivity contribution >= 4 is 39.1 Å². The Kier molecular flexibility index (Phi) is 4.26. The van der Waals surface area contributed by atoms with Gasteiger partial charge in [0.2, 0.25) is 0 Å². The third-order valence-corrected chi connectivity index (χ3v) is 4.72. The highest BCUT2D eigenvalue weighted by atomic mass is 35.5. The predicted molar refractivity (Wildman–Crippen MR) is 70.0 cm³/mol. The van der Waals surface area contributed by atoms with Crippen LogP contribution in [0.5, 0.6) is 0 Å². The summed E-state index contributed by atoms with van der Waals surface area (Å²) in [4.78, 5) is 7.39. The molecule has 9 heteroatoms. The number of nitrogens with one attached hydrogen (secondary N) is 1. The lowest BCUT2D eigenvalue weighted by atomic mass is 10.2. The van der Waals surface area contributed by atoms with Gasteiger partial charge in [0.1, 0.15) is 12.0 Å². The van der Waals surface area contributed by atoms with Crippen molar-refractivity contribution in [2.24, 2.45) is 0 Å². The van der Waals surface area contributed by atoms with Crippen molar-refractivity contribution < 1.29 is 8.42 Å². The van der Waals surface area contributed by atoms with Crippen molar-refractivity contribution in [1.82, 2.24) is 14.3 Å². The molecular formula is C9H12Cl2N4O2S. The molecular weight excluding hydrogens is 299 g/mol. The maximum absolute atomic E-state index is 12.1. The van der Waals surface area contributed by atoms with Crippen LogP contribution in [0, 0.1) is 0 Å². The van der Waals surface area contributed by atoms with Crippen LogP contribution < -0.4 is 4.72 Å². The highest BCUT2D eigenvalue weighted by molar-refractivity contribution is 7.90. The molecule has 0 aromatic carbocycles. The van der Waals surface area contributed by atoms with Gasteiger partial charge in [-0.25, -0.2) is 9.97 Å². The summed E-state index contributed by atoms with van der Waals surface area (Å²) in [5.41, 5.74) is 0.0198. The Morgan fingerprint density at radius 1 is 1.11 bits per heavy atom. The number of nitrogens with zero attached hydrogens (tertiary/aromatic N) is 3. The largest absolute Gasteiger partial charge is 0.301 e. The Balaban J connectivity index is 2.22. The Hall–Kier alpha value is -0.630. The maximum atomic E-state index is 12.1. The third-order valence-electron chi connectivity index (χ3n) is 2.64. The van der Waals surface area contributed by atoms with Gasteiger partial charge in [-0.15, -0.1) is 0 Å². The summed E-state index contributed by atoms with van der Waals surface area (Å²) >= 11 is 11.6. The van der Waals surface area contributed by atoms with Gasteiger partial charge in [-0.05, 0) is 12.8 Å². The van der Waals surface area contributed by atoms with Crippen molar-refractivity contribution in [3.63, 3.8) is 0 Å². The second-order valence-electron chi connectivity index (χ2n) is 3.90. The minimum Gasteiger partial charge on any atom is -0.265 e. The quantitative estimate of drug-likeness (QED) is 0.866. The molecule has 1 aliphatic heterocycles. The van der Waals surface area contributed by atoms with Crippen LogP contribution >= 0.6 is 23.2 Å². The summed E-state index contributed by atoms with van der Waals surface area (Å²) in [6.45, 7) is 0.997. The van der Waals surface area contributed by atoms with Gasteiger partial charge in [-0.3, -0.25) is 4.72 Å². The molecule has 0 bridgehead atoms. The molecule has 0 amide bonds. The standard InChI is InChI=1S/C9H12Cl2N4O2S/c10-8-7(9(11)13-6-12-8)14-18(16,17)15-4-2-1-3-5-15/h6,14H,1-5H2. The summed E-state index contributed by atoms with van der Waals surface area (Å²) < 4.78 is 27.9. The first-order valence-corrected chi connectivity index (χ1v) is 7.64. The molecule has 1 N–H and O–H groups in total. The van der Waals surface area contributed by atoms with E-state index in [2.05, 4.69) is 14.7 Å². The zero-order valence-electron chi connectivity index (χ0n) is 9.44. The molecule has 0 radical (unpaired) electrons. The molecule has 1 fully saturated rings. The van der Waals surface area contributed by atoms with Crippen molar-refractivity contribution in [3.05, 3.63) is 16.6 Å². The smallest absolute Gasteiger partial charge is 0.265 e. The molecule has 0 saturated carbocycles. The Bertz CT molecular complexity index is 511. The first kappa shape index (κ1) is 13.8. The lowest BCUT2D eigenvalue weighted by Crippen LogP contribution is -2.39. The molecule has 1 saturated heterocycles. The van der Waals surface area contributed by atoms with E-state index in [1.165, 1.54) is 10.6 Å². The van der Waals surface area contributed by atoms with Gasteiger partial charge in [0, 0.05) is 13.1 Å². The minimum absolute atomic E-state index is 0.0180. The minimum atomic E-state index is -3.65. The Morgan fingerprint density at radius 2 is 1.67 bits per heavy atom. The lowest BCUT2D eigenvalue weighted by molar-refractivity contribution is 0.349. The van der Waals surface area contributed by atoms with E-state index in [9.17, 15) is 8.42 Å². The van der Waals surface area contributed by atoms with Crippen molar-refractivity contribution in [3.8, 4) is 0 Å². The number of hydrogen-bond acceptors (Lipinski definition) is 4. The zero-order chi connectivity index (χ0) is 13.2. The van der Waals surface area contributed by atoms with Crippen LogP contribution in [0.4, 0.5) is 5.69 Å². The molecule has 2 rings (SSSR count). The van der Waals surface area contributed by atoms with E-state index in [4.69, 9.17) is 23.2 Å². The second kappa shape index (κ2) is 5.56. The van der Waals surface area contributed by atoms with Gasteiger partial charge in [-0.2, -0.15) is 12.7 Å².